The van der Waals surface area contributed by atoms with Crippen LogP contribution in [0.4, 0.5) is 5.69 Å². The van der Waals surface area contributed by atoms with Crippen molar-refractivity contribution in [1.29, 1.82) is 0 Å². The van der Waals surface area contributed by atoms with E-state index in [-0.39, 0.29) is 20.5 Å². The van der Waals surface area contributed by atoms with Crippen LogP contribution in [0.1, 0.15) is 15.4 Å². The number of hydrogen-bond acceptors (Lipinski definition) is 6. The summed E-state index contributed by atoms with van der Waals surface area (Å²) in [6.07, 6.45) is 0. The molecule has 0 radical (unpaired) electrons. The zero-order valence-corrected chi connectivity index (χ0v) is 19.3. The van der Waals surface area contributed by atoms with E-state index in [0.717, 1.165) is 11.3 Å². The average Bonchev–Trinajstić information content (AvgIpc) is 3.13. The number of fused-ring (bicyclic) bond motifs is 1. The van der Waals surface area contributed by atoms with E-state index >= 15 is 0 Å². The van der Waals surface area contributed by atoms with Crippen molar-refractivity contribution in [3.8, 4) is 16.9 Å². The number of carbonyl (C=O) groups is 1. The van der Waals surface area contributed by atoms with Crippen LogP contribution >= 0.6 is 22.9 Å². The maximum Gasteiger partial charge on any atom is 0.346 e. The lowest BCUT2D eigenvalue weighted by Crippen LogP contribution is -2.13. The zero-order chi connectivity index (χ0) is 23.0. The number of pyridine rings is 1. The third-order valence-electron chi connectivity index (χ3n) is 4.69. The van der Waals surface area contributed by atoms with Gasteiger partial charge in [-0.3, -0.25) is 4.72 Å². The number of sulfonamides is 1. The highest BCUT2D eigenvalue weighted by Crippen LogP contribution is 2.43. The van der Waals surface area contributed by atoms with Gasteiger partial charge in [-0.2, -0.15) is 0 Å². The number of aromatic carboxylic acids is 1. The van der Waals surface area contributed by atoms with Gasteiger partial charge in [0.05, 0.1) is 17.7 Å². The molecule has 0 fully saturated rings. The smallest absolute Gasteiger partial charge is 0.346 e. The molecule has 0 aliphatic rings. The van der Waals surface area contributed by atoms with Crippen LogP contribution in [0.2, 0.25) is 5.02 Å². The molecule has 164 valence electrons. The molecule has 10 heteroatoms. The first kappa shape index (κ1) is 22.1. The largest absolute Gasteiger partial charge is 0.497 e. The Balaban J connectivity index is 1.98. The Kier molecular flexibility index (Phi) is 5.81. The second-order valence-electron chi connectivity index (χ2n) is 6.90. The van der Waals surface area contributed by atoms with Crippen molar-refractivity contribution in [3.05, 3.63) is 70.2 Å². The summed E-state index contributed by atoms with van der Waals surface area (Å²) in [6, 6.07) is 14.4. The van der Waals surface area contributed by atoms with E-state index in [1.165, 1.54) is 19.2 Å². The summed E-state index contributed by atoms with van der Waals surface area (Å²) in [5.74, 6) is -0.591. The van der Waals surface area contributed by atoms with Gasteiger partial charge in [-0.05, 0) is 48.9 Å². The van der Waals surface area contributed by atoms with E-state index < -0.39 is 16.0 Å². The zero-order valence-electron chi connectivity index (χ0n) is 16.9. The van der Waals surface area contributed by atoms with E-state index in [0.29, 0.717) is 32.8 Å². The second-order valence-corrected chi connectivity index (χ2v) is 10.0. The predicted octanol–water partition coefficient (Wildman–Crippen LogP) is 5.43. The molecule has 0 aliphatic heterocycles. The molecular weight excluding hydrogens is 472 g/mol. The first-order chi connectivity index (χ1) is 15.2. The SMILES string of the molecule is COc1cccc(-c2c(C(=O)O)sc3nc(C)cc(NS(=O)(=O)c4cccc(Cl)c4)c23)c1. The molecule has 0 bridgehead atoms. The summed E-state index contributed by atoms with van der Waals surface area (Å²) in [5, 5.41) is 10.5. The monoisotopic (exact) mass is 488 g/mol. The summed E-state index contributed by atoms with van der Waals surface area (Å²) >= 11 is 6.95. The molecule has 0 saturated heterocycles. The van der Waals surface area contributed by atoms with E-state index in [9.17, 15) is 18.3 Å². The minimum Gasteiger partial charge on any atom is -0.497 e. The highest BCUT2D eigenvalue weighted by Gasteiger charge is 2.25. The molecule has 0 atom stereocenters. The number of thiophene rings is 1. The minimum atomic E-state index is -4.00. The molecule has 2 aromatic carbocycles. The highest BCUT2D eigenvalue weighted by atomic mass is 35.5. The summed E-state index contributed by atoms with van der Waals surface area (Å²) in [5.41, 5.74) is 1.71. The fraction of sp³-hybridized carbons (Fsp3) is 0.0909. The van der Waals surface area contributed by atoms with Gasteiger partial charge in [0.2, 0.25) is 0 Å². The van der Waals surface area contributed by atoms with Crippen LogP contribution in [0.15, 0.2) is 59.5 Å². The van der Waals surface area contributed by atoms with Gasteiger partial charge in [-0.15, -0.1) is 11.3 Å². The van der Waals surface area contributed by atoms with Gasteiger partial charge in [-0.1, -0.05) is 29.8 Å². The molecule has 2 heterocycles. The van der Waals surface area contributed by atoms with Crippen molar-refractivity contribution < 1.29 is 23.1 Å². The Hall–Kier alpha value is -3.14. The lowest BCUT2D eigenvalue weighted by atomic mass is 10.0. The number of ether oxygens (including phenoxy) is 1. The number of hydrogen-bond donors (Lipinski definition) is 2. The van der Waals surface area contributed by atoms with E-state index in [4.69, 9.17) is 16.3 Å². The van der Waals surface area contributed by atoms with Crippen molar-refractivity contribution >= 4 is 54.8 Å². The van der Waals surface area contributed by atoms with E-state index in [2.05, 4.69) is 9.71 Å². The molecule has 4 rings (SSSR count). The van der Waals surface area contributed by atoms with Gasteiger partial charge in [0.1, 0.15) is 15.5 Å². The molecule has 7 nitrogen and oxygen atoms in total. The second kappa shape index (κ2) is 8.42. The first-order valence-electron chi connectivity index (χ1n) is 9.30. The fourth-order valence-electron chi connectivity index (χ4n) is 3.34. The molecule has 0 amide bonds. The number of nitrogens with one attached hydrogen (secondary N) is 1. The number of aromatic nitrogens is 1. The van der Waals surface area contributed by atoms with Gasteiger partial charge in [0.25, 0.3) is 10.0 Å². The molecular formula is C22H17ClN2O5S2. The Labute approximate surface area is 193 Å². The lowest BCUT2D eigenvalue weighted by molar-refractivity contribution is 0.0703. The molecule has 0 aliphatic carbocycles. The summed E-state index contributed by atoms with van der Waals surface area (Å²) < 4.78 is 34.0. The topological polar surface area (TPSA) is 106 Å². The summed E-state index contributed by atoms with van der Waals surface area (Å²) in [4.78, 5) is 17.0. The predicted molar refractivity (Wildman–Crippen MR) is 126 cm³/mol. The maximum atomic E-state index is 13.1. The van der Waals surface area contributed by atoms with Crippen molar-refractivity contribution in [2.24, 2.45) is 0 Å². The number of nitrogens with zero attached hydrogens (tertiary/aromatic N) is 1. The van der Waals surface area contributed by atoms with Crippen molar-refractivity contribution in [1.82, 2.24) is 4.98 Å². The number of benzene rings is 2. The minimum absolute atomic E-state index is 0.00997. The Morgan fingerprint density at radius 3 is 2.59 bits per heavy atom. The van der Waals surface area contributed by atoms with Crippen LogP contribution in [0.3, 0.4) is 0 Å². The molecule has 2 N–H and O–H groups in total. The summed E-state index contributed by atoms with van der Waals surface area (Å²) in [7, 11) is -2.48. The van der Waals surface area contributed by atoms with Crippen LogP contribution in [-0.2, 0) is 10.0 Å². The fourth-order valence-corrected chi connectivity index (χ4v) is 5.81. The molecule has 0 spiro atoms. The lowest BCUT2D eigenvalue weighted by Gasteiger charge is -2.12. The molecule has 4 aromatic rings. The molecule has 0 saturated carbocycles. The maximum absolute atomic E-state index is 13.1. The van der Waals surface area contributed by atoms with E-state index in [1.807, 2.05) is 0 Å². The van der Waals surface area contributed by atoms with Gasteiger partial charge in [0, 0.05) is 21.7 Å². The number of methoxy groups -OCH3 is 1. The third-order valence-corrected chi connectivity index (χ3v) is 7.36. The molecule has 0 unspecified atom stereocenters. The number of rotatable bonds is 6. The van der Waals surface area contributed by atoms with Crippen molar-refractivity contribution in [2.75, 3.05) is 11.8 Å². The first-order valence-corrected chi connectivity index (χ1v) is 12.0. The van der Waals surface area contributed by atoms with Crippen molar-refractivity contribution in [3.63, 3.8) is 0 Å². The van der Waals surface area contributed by atoms with Crippen molar-refractivity contribution in [2.45, 2.75) is 11.8 Å². The average molecular weight is 489 g/mol. The van der Waals surface area contributed by atoms with Crippen LogP contribution in [-0.4, -0.2) is 31.6 Å². The van der Waals surface area contributed by atoms with Crippen LogP contribution < -0.4 is 9.46 Å². The third kappa shape index (κ3) is 4.14. The molecule has 2 aromatic heterocycles. The van der Waals surface area contributed by atoms with Crippen LogP contribution in [0, 0.1) is 6.92 Å². The van der Waals surface area contributed by atoms with E-state index in [1.54, 1.807) is 49.4 Å². The van der Waals surface area contributed by atoms with Crippen LogP contribution in [0.25, 0.3) is 21.3 Å². The number of carboxylic acids is 1. The highest BCUT2D eigenvalue weighted by molar-refractivity contribution is 7.92. The number of halogens is 1. The Bertz CT molecular complexity index is 1460. The summed E-state index contributed by atoms with van der Waals surface area (Å²) in [6.45, 7) is 1.71. The Morgan fingerprint density at radius 2 is 1.91 bits per heavy atom. The van der Waals surface area contributed by atoms with Gasteiger partial charge in [0.15, 0.2) is 0 Å². The van der Waals surface area contributed by atoms with Crippen LogP contribution in [0.5, 0.6) is 5.75 Å². The Morgan fingerprint density at radius 1 is 1.16 bits per heavy atom. The number of carboxylic acid groups (broad SMARTS) is 1. The van der Waals surface area contributed by atoms with Gasteiger partial charge >= 0.3 is 5.97 Å². The number of aryl methyl sites for hydroxylation is 1. The standard InChI is InChI=1S/C22H17ClN2O5S2/c1-12-9-17(25-32(28,29)16-8-4-6-14(23)11-16)19-18(13-5-3-7-15(10-13)30-2)20(22(26)27)31-21(19)24-12/h3-11H,1-2H3,(H,24,25)(H,26,27). The molecule has 32 heavy (non-hydrogen) atoms. The number of anilines is 1. The quantitative estimate of drug-likeness (QED) is 0.374. The normalized spacial score (nSPS) is 11.5. The van der Waals surface area contributed by atoms with Gasteiger partial charge < -0.3 is 9.84 Å². The van der Waals surface area contributed by atoms with Gasteiger partial charge in [-0.25, -0.2) is 18.2 Å².